The van der Waals surface area contributed by atoms with Gasteiger partial charge in [-0.2, -0.15) is 8.78 Å². The van der Waals surface area contributed by atoms with Gasteiger partial charge >= 0.3 is 6.61 Å². The number of carbonyl (C=O) groups is 1. The van der Waals surface area contributed by atoms with Gasteiger partial charge in [-0.05, 0) is 41.8 Å². The lowest BCUT2D eigenvalue weighted by molar-refractivity contribution is -0.118. The van der Waals surface area contributed by atoms with E-state index in [2.05, 4.69) is 25.6 Å². The van der Waals surface area contributed by atoms with E-state index in [1.165, 1.54) is 48.4 Å². The van der Waals surface area contributed by atoms with E-state index in [1.54, 1.807) is 24.3 Å². The SMILES string of the molecule is COc1cc(CCNC(=O)CSc2nnc(NCc3ccc(F)cc3)s2)ccc1OC(F)F. The highest BCUT2D eigenvalue weighted by atomic mass is 32.2. The minimum atomic E-state index is -2.93. The molecule has 1 heterocycles. The monoisotopic (exact) mass is 498 g/mol. The zero-order chi connectivity index (χ0) is 23.6. The van der Waals surface area contributed by atoms with Crippen LogP contribution in [0.5, 0.6) is 11.5 Å². The summed E-state index contributed by atoms with van der Waals surface area (Å²) in [5.41, 5.74) is 1.72. The zero-order valence-corrected chi connectivity index (χ0v) is 19.1. The number of anilines is 1. The van der Waals surface area contributed by atoms with Gasteiger partial charge in [-0.15, -0.1) is 10.2 Å². The Bertz CT molecular complexity index is 1050. The van der Waals surface area contributed by atoms with E-state index < -0.39 is 6.61 Å². The van der Waals surface area contributed by atoms with Crippen molar-refractivity contribution in [3.8, 4) is 11.5 Å². The maximum atomic E-state index is 12.9. The summed E-state index contributed by atoms with van der Waals surface area (Å²) >= 11 is 2.59. The van der Waals surface area contributed by atoms with Crippen LogP contribution in [-0.2, 0) is 17.8 Å². The van der Waals surface area contributed by atoms with Crippen molar-refractivity contribution in [3.05, 3.63) is 59.4 Å². The molecule has 0 fully saturated rings. The average Bonchev–Trinajstić information content (AvgIpc) is 3.26. The van der Waals surface area contributed by atoms with Gasteiger partial charge in [0.15, 0.2) is 15.8 Å². The Hall–Kier alpha value is -2.99. The molecule has 0 aliphatic heterocycles. The zero-order valence-electron chi connectivity index (χ0n) is 17.5. The van der Waals surface area contributed by atoms with Gasteiger partial charge in [0.05, 0.1) is 12.9 Å². The lowest BCUT2D eigenvalue weighted by Crippen LogP contribution is -2.27. The summed E-state index contributed by atoms with van der Waals surface area (Å²) in [5, 5.41) is 14.6. The molecule has 176 valence electrons. The summed E-state index contributed by atoms with van der Waals surface area (Å²) in [6.45, 7) is -2.07. The molecular weight excluding hydrogens is 477 g/mol. The van der Waals surface area contributed by atoms with Gasteiger partial charge in [0, 0.05) is 13.1 Å². The summed E-state index contributed by atoms with van der Waals surface area (Å²) in [5.74, 6) is -0.115. The van der Waals surface area contributed by atoms with Crippen LogP contribution in [0.25, 0.3) is 0 Å². The second kappa shape index (κ2) is 12.3. The molecule has 0 bridgehead atoms. The minimum absolute atomic E-state index is 0.0414. The van der Waals surface area contributed by atoms with Gasteiger partial charge in [-0.3, -0.25) is 4.79 Å². The molecule has 7 nitrogen and oxygen atoms in total. The first-order valence-corrected chi connectivity index (χ1v) is 11.6. The molecule has 33 heavy (non-hydrogen) atoms. The molecule has 2 N–H and O–H groups in total. The lowest BCUT2D eigenvalue weighted by Gasteiger charge is -2.11. The van der Waals surface area contributed by atoms with Gasteiger partial charge in [0.25, 0.3) is 0 Å². The molecule has 0 unspecified atom stereocenters. The smallest absolute Gasteiger partial charge is 0.387 e. The van der Waals surface area contributed by atoms with E-state index in [0.29, 0.717) is 29.0 Å². The highest BCUT2D eigenvalue weighted by Gasteiger charge is 2.12. The van der Waals surface area contributed by atoms with Crippen LogP contribution in [0.4, 0.5) is 18.3 Å². The minimum Gasteiger partial charge on any atom is -0.493 e. The van der Waals surface area contributed by atoms with Crippen LogP contribution in [0.3, 0.4) is 0 Å². The molecule has 3 aromatic rings. The summed E-state index contributed by atoms with van der Waals surface area (Å²) in [4.78, 5) is 12.1. The molecular formula is C21H21F3N4O3S2. The summed E-state index contributed by atoms with van der Waals surface area (Å²) < 4.78 is 47.8. The predicted octanol–water partition coefficient (Wildman–Crippen LogP) is 4.35. The van der Waals surface area contributed by atoms with Crippen molar-refractivity contribution in [2.75, 3.05) is 24.7 Å². The second-order valence-corrected chi connectivity index (χ2v) is 8.81. The van der Waals surface area contributed by atoms with Crippen molar-refractivity contribution in [2.24, 2.45) is 0 Å². The summed E-state index contributed by atoms with van der Waals surface area (Å²) in [7, 11) is 1.37. The third-order valence-electron chi connectivity index (χ3n) is 4.27. The van der Waals surface area contributed by atoms with Crippen LogP contribution in [0, 0.1) is 5.82 Å². The molecule has 0 spiro atoms. The number of thioether (sulfide) groups is 1. The van der Waals surface area contributed by atoms with E-state index in [-0.39, 0.29) is 29.0 Å². The number of aromatic nitrogens is 2. The van der Waals surface area contributed by atoms with Crippen molar-refractivity contribution in [3.63, 3.8) is 0 Å². The first-order chi connectivity index (χ1) is 15.9. The summed E-state index contributed by atoms with van der Waals surface area (Å²) in [6, 6.07) is 10.8. The normalized spacial score (nSPS) is 10.8. The molecule has 0 aliphatic carbocycles. The van der Waals surface area contributed by atoms with E-state index in [9.17, 15) is 18.0 Å². The first-order valence-electron chi connectivity index (χ1n) is 9.76. The molecule has 0 saturated carbocycles. The van der Waals surface area contributed by atoms with E-state index in [1.807, 2.05) is 0 Å². The maximum absolute atomic E-state index is 12.9. The van der Waals surface area contributed by atoms with Gasteiger partial charge in [0.1, 0.15) is 5.82 Å². The number of benzene rings is 2. The number of rotatable bonds is 12. The Balaban J connectivity index is 1.38. The highest BCUT2D eigenvalue weighted by Crippen LogP contribution is 2.29. The largest absolute Gasteiger partial charge is 0.493 e. The molecule has 0 aliphatic rings. The molecule has 2 aromatic carbocycles. The Morgan fingerprint density at radius 2 is 1.88 bits per heavy atom. The molecule has 12 heteroatoms. The van der Waals surface area contributed by atoms with Crippen LogP contribution < -0.4 is 20.1 Å². The van der Waals surface area contributed by atoms with Crippen LogP contribution in [-0.4, -0.2) is 42.1 Å². The summed E-state index contributed by atoms with van der Waals surface area (Å²) in [6.07, 6.45) is 0.498. The number of nitrogens with zero attached hydrogens (tertiary/aromatic N) is 2. The highest BCUT2D eigenvalue weighted by molar-refractivity contribution is 8.01. The molecule has 0 radical (unpaired) electrons. The lowest BCUT2D eigenvalue weighted by atomic mass is 10.1. The quantitative estimate of drug-likeness (QED) is 0.359. The van der Waals surface area contributed by atoms with Crippen LogP contribution >= 0.6 is 23.1 Å². The van der Waals surface area contributed by atoms with Crippen molar-refractivity contribution >= 4 is 34.1 Å². The number of hydrogen-bond acceptors (Lipinski definition) is 8. The Morgan fingerprint density at radius 3 is 2.61 bits per heavy atom. The Morgan fingerprint density at radius 1 is 1.12 bits per heavy atom. The standard InChI is InChI=1S/C21H21F3N4O3S2/c1-30-17-10-13(4-7-16(17)31-19(23)24)8-9-25-18(29)12-32-21-28-27-20(33-21)26-11-14-2-5-15(22)6-3-14/h2-7,10,19H,8-9,11-12H2,1H3,(H,25,29)(H,26,27). The second-order valence-electron chi connectivity index (χ2n) is 6.61. The Labute approximate surface area is 196 Å². The molecule has 1 aromatic heterocycles. The van der Waals surface area contributed by atoms with E-state index >= 15 is 0 Å². The number of alkyl halides is 2. The fourth-order valence-electron chi connectivity index (χ4n) is 2.70. The van der Waals surface area contributed by atoms with Crippen molar-refractivity contribution in [2.45, 2.75) is 23.9 Å². The van der Waals surface area contributed by atoms with Crippen molar-refractivity contribution in [1.82, 2.24) is 15.5 Å². The number of methoxy groups -OCH3 is 1. The fraction of sp³-hybridized carbons (Fsp3) is 0.286. The number of ether oxygens (including phenoxy) is 2. The van der Waals surface area contributed by atoms with Crippen LogP contribution in [0.15, 0.2) is 46.8 Å². The van der Waals surface area contributed by atoms with Crippen molar-refractivity contribution < 1.29 is 27.4 Å². The van der Waals surface area contributed by atoms with Gasteiger partial charge in [0.2, 0.25) is 11.0 Å². The number of halogens is 3. The van der Waals surface area contributed by atoms with Gasteiger partial charge in [-0.25, -0.2) is 4.39 Å². The maximum Gasteiger partial charge on any atom is 0.387 e. The number of hydrogen-bond donors (Lipinski definition) is 2. The first kappa shape index (κ1) is 24.6. The average molecular weight is 499 g/mol. The van der Waals surface area contributed by atoms with Crippen LogP contribution in [0.1, 0.15) is 11.1 Å². The van der Waals surface area contributed by atoms with E-state index in [4.69, 9.17) is 4.74 Å². The molecule has 1 amide bonds. The van der Waals surface area contributed by atoms with E-state index in [0.717, 1.165) is 11.1 Å². The van der Waals surface area contributed by atoms with Gasteiger partial charge < -0.3 is 20.1 Å². The topological polar surface area (TPSA) is 85.4 Å². The Kier molecular flexibility index (Phi) is 9.19. The van der Waals surface area contributed by atoms with Gasteiger partial charge in [-0.1, -0.05) is 41.3 Å². The molecule has 0 atom stereocenters. The number of carbonyl (C=O) groups excluding carboxylic acids is 1. The third kappa shape index (κ3) is 8.13. The van der Waals surface area contributed by atoms with Crippen LogP contribution in [0.2, 0.25) is 0 Å². The third-order valence-corrected chi connectivity index (χ3v) is 6.28. The predicted molar refractivity (Wildman–Crippen MR) is 121 cm³/mol. The molecule has 0 saturated heterocycles. The number of nitrogens with one attached hydrogen (secondary N) is 2. The van der Waals surface area contributed by atoms with Crippen molar-refractivity contribution in [1.29, 1.82) is 0 Å². The molecule has 3 rings (SSSR count). The number of amides is 1. The fourth-order valence-corrected chi connectivity index (χ4v) is 4.28.